The molecule has 0 spiro atoms. The first kappa shape index (κ1) is 24.1. The molecular weight excluding hydrogens is 456 g/mol. The number of anilines is 1. The minimum absolute atomic E-state index is 0.0299. The molecular formula is C24H28N4O5S. The molecule has 1 saturated heterocycles. The van der Waals surface area contributed by atoms with Crippen LogP contribution in [0, 0.1) is 10.1 Å². The standard InChI is InChI=1S/C24H28N4O5S/c1-24(2)21-9-4-5-10-22(21)25(3)23(24)16-19(29)17-26-11-13-27(14-12-26)34(32,33)20-8-6-7-18(15-20)28(30)31/h4-10,15-16H,11-14,17H2,1-3H3. The number of allylic oxidation sites excluding steroid dienone is 1. The molecule has 0 aromatic heterocycles. The molecule has 0 unspecified atom stereocenters. The van der Waals surface area contributed by atoms with Crippen LogP contribution in [0.25, 0.3) is 0 Å². The number of hydrogen-bond donors (Lipinski definition) is 0. The number of nitro benzene ring substituents is 1. The van der Waals surface area contributed by atoms with Crippen molar-refractivity contribution in [3.8, 4) is 0 Å². The molecule has 180 valence electrons. The van der Waals surface area contributed by atoms with E-state index in [2.05, 4.69) is 24.8 Å². The number of non-ortho nitro benzene ring substituents is 1. The molecule has 2 aromatic rings. The van der Waals surface area contributed by atoms with Crippen molar-refractivity contribution in [2.24, 2.45) is 0 Å². The van der Waals surface area contributed by atoms with Crippen LogP contribution < -0.4 is 4.90 Å². The molecule has 2 aromatic carbocycles. The molecule has 0 saturated carbocycles. The largest absolute Gasteiger partial charge is 0.347 e. The van der Waals surface area contributed by atoms with E-state index in [-0.39, 0.29) is 41.4 Å². The van der Waals surface area contributed by atoms with Crippen molar-refractivity contribution in [1.29, 1.82) is 0 Å². The minimum Gasteiger partial charge on any atom is -0.347 e. The first-order valence-corrected chi connectivity index (χ1v) is 12.5. The van der Waals surface area contributed by atoms with Crippen LogP contribution in [0.5, 0.6) is 0 Å². The summed E-state index contributed by atoms with van der Waals surface area (Å²) in [5.41, 5.74) is 2.65. The van der Waals surface area contributed by atoms with Crippen LogP contribution >= 0.6 is 0 Å². The highest BCUT2D eigenvalue weighted by Crippen LogP contribution is 2.46. The van der Waals surface area contributed by atoms with E-state index in [1.165, 1.54) is 28.1 Å². The third-order valence-electron chi connectivity index (χ3n) is 6.62. The van der Waals surface area contributed by atoms with Gasteiger partial charge in [0.1, 0.15) is 0 Å². The summed E-state index contributed by atoms with van der Waals surface area (Å²) in [6.45, 7) is 5.65. The number of benzene rings is 2. The van der Waals surface area contributed by atoms with E-state index in [0.29, 0.717) is 13.1 Å². The lowest BCUT2D eigenvalue weighted by atomic mass is 9.83. The van der Waals surface area contributed by atoms with Crippen LogP contribution in [0.2, 0.25) is 0 Å². The highest BCUT2D eigenvalue weighted by atomic mass is 32.2. The third kappa shape index (κ3) is 4.36. The number of carbonyl (C=O) groups excluding carboxylic acids is 1. The second-order valence-corrected chi connectivity index (χ2v) is 11.1. The number of piperazine rings is 1. The van der Waals surface area contributed by atoms with Crippen LogP contribution in [0.1, 0.15) is 19.4 Å². The fraction of sp³-hybridized carbons (Fsp3) is 0.375. The molecule has 0 amide bonds. The van der Waals surface area contributed by atoms with Crippen LogP contribution in [0.15, 0.2) is 65.2 Å². The number of nitro groups is 1. The average Bonchev–Trinajstić information content (AvgIpc) is 3.00. The lowest BCUT2D eigenvalue weighted by Crippen LogP contribution is -2.49. The SMILES string of the molecule is CN1C(=CC(=O)CN2CCN(S(=O)(=O)c3cccc([N+](=O)[O-])c3)CC2)C(C)(C)c2ccccc21. The van der Waals surface area contributed by atoms with Crippen LogP contribution in [-0.4, -0.2) is 68.1 Å². The summed E-state index contributed by atoms with van der Waals surface area (Å²) in [4.78, 5) is 27.2. The number of likely N-dealkylation sites (N-methyl/N-ethyl adjacent to an activating group) is 1. The highest BCUT2D eigenvalue weighted by molar-refractivity contribution is 7.89. The normalized spacial score (nSPS) is 19.9. The van der Waals surface area contributed by atoms with E-state index in [4.69, 9.17) is 0 Å². The molecule has 4 rings (SSSR count). The molecule has 1 fully saturated rings. The third-order valence-corrected chi connectivity index (χ3v) is 8.51. The zero-order valence-corrected chi connectivity index (χ0v) is 20.3. The van der Waals surface area contributed by atoms with E-state index in [0.717, 1.165) is 17.5 Å². The Balaban J connectivity index is 1.41. The maximum atomic E-state index is 12.9. The van der Waals surface area contributed by atoms with Gasteiger partial charge in [0, 0.05) is 68.2 Å². The van der Waals surface area contributed by atoms with Gasteiger partial charge in [0.2, 0.25) is 10.0 Å². The smallest absolute Gasteiger partial charge is 0.270 e. The molecule has 2 aliphatic heterocycles. The van der Waals surface area contributed by atoms with Gasteiger partial charge in [-0.15, -0.1) is 0 Å². The lowest BCUT2D eigenvalue weighted by molar-refractivity contribution is -0.385. The Hall–Kier alpha value is -3.08. The zero-order valence-electron chi connectivity index (χ0n) is 19.5. The Bertz CT molecular complexity index is 1260. The molecule has 0 radical (unpaired) electrons. The van der Waals surface area contributed by atoms with Crippen molar-refractivity contribution in [2.45, 2.75) is 24.2 Å². The molecule has 0 atom stereocenters. The number of nitrogens with zero attached hydrogens (tertiary/aromatic N) is 4. The average molecular weight is 485 g/mol. The molecule has 34 heavy (non-hydrogen) atoms. The molecule has 0 bridgehead atoms. The van der Waals surface area contributed by atoms with Crippen molar-refractivity contribution < 1.29 is 18.1 Å². The van der Waals surface area contributed by atoms with Crippen molar-refractivity contribution in [3.05, 3.63) is 76.0 Å². The van der Waals surface area contributed by atoms with Gasteiger partial charge in [-0.1, -0.05) is 38.1 Å². The van der Waals surface area contributed by atoms with Crippen molar-refractivity contribution in [3.63, 3.8) is 0 Å². The molecule has 9 nitrogen and oxygen atoms in total. The number of hydrogen-bond acceptors (Lipinski definition) is 7. The summed E-state index contributed by atoms with van der Waals surface area (Å²) in [6.07, 6.45) is 1.70. The van der Waals surface area contributed by atoms with Gasteiger partial charge in [0.05, 0.1) is 16.4 Å². The van der Waals surface area contributed by atoms with Crippen molar-refractivity contribution >= 4 is 27.2 Å². The fourth-order valence-electron chi connectivity index (χ4n) is 4.71. The molecule has 2 aliphatic rings. The minimum atomic E-state index is -3.84. The molecule has 0 N–H and O–H groups in total. The maximum Gasteiger partial charge on any atom is 0.270 e. The summed E-state index contributed by atoms with van der Waals surface area (Å²) in [5.74, 6) is -0.0299. The summed E-state index contributed by atoms with van der Waals surface area (Å²) in [7, 11) is -1.88. The Morgan fingerprint density at radius 1 is 1.09 bits per heavy atom. The fourth-order valence-corrected chi connectivity index (χ4v) is 6.17. The lowest BCUT2D eigenvalue weighted by Gasteiger charge is -2.33. The van der Waals surface area contributed by atoms with Gasteiger partial charge in [-0.2, -0.15) is 4.31 Å². The van der Waals surface area contributed by atoms with Crippen LogP contribution in [0.3, 0.4) is 0 Å². The van der Waals surface area contributed by atoms with Crippen LogP contribution in [0.4, 0.5) is 11.4 Å². The number of para-hydroxylation sites is 1. The first-order valence-electron chi connectivity index (χ1n) is 11.1. The summed E-state index contributed by atoms with van der Waals surface area (Å²) in [6, 6.07) is 13.2. The van der Waals surface area contributed by atoms with Gasteiger partial charge < -0.3 is 4.90 Å². The van der Waals surface area contributed by atoms with E-state index >= 15 is 0 Å². The molecule has 0 aliphatic carbocycles. The second-order valence-electron chi connectivity index (χ2n) is 9.13. The Labute approximate surface area is 199 Å². The van der Waals surface area contributed by atoms with E-state index in [1.807, 2.05) is 30.1 Å². The van der Waals surface area contributed by atoms with Crippen molar-refractivity contribution in [1.82, 2.24) is 9.21 Å². The number of fused-ring (bicyclic) bond motifs is 1. The number of carbonyl (C=O) groups is 1. The van der Waals surface area contributed by atoms with E-state index < -0.39 is 14.9 Å². The van der Waals surface area contributed by atoms with Crippen molar-refractivity contribution in [2.75, 3.05) is 44.7 Å². The van der Waals surface area contributed by atoms with Crippen LogP contribution in [-0.2, 0) is 20.2 Å². The molecule has 10 heteroatoms. The first-order chi connectivity index (χ1) is 16.0. The zero-order chi connectivity index (χ0) is 24.7. The van der Waals surface area contributed by atoms with Gasteiger partial charge in [0.25, 0.3) is 5.69 Å². The monoisotopic (exact) mass is 484 g/mol. The number of sulfonamides is 1. The molecule has 2 heterocycles. The predicted octanol–water partition coefficient (Wildman–Crippen LogP) is 2.78. The topological polar surface area (TPSA) is 104 Å². The maximum absolute atomic E-state index is 12.9. The summed E-state index contributed by atoms with van der Waals surface area (Å²) >= 11 is 0. The van der Waals surface area contributed by atoms with Gasteiger partial charge in [-0.3, -0.25) is 19.8 Å². The van der Waals surface area contributed by atoms with Gasteiger partial charge >= 0.3 is 0 Å². The second kappa shape index (κ2) is 8.94. The number of rotatable bonds is 6. The van der Waals surface area contributed by atoms with E-state index in [9.17, 15) is 23.3 Å². The summed E-state index contributed by atoms with van der Waals surface area (Å²) < 4.78 is 27.2. The van der Waals surface area contributed by atoms with Gasteiger partial charge in [-0.25, -0.2) is 8.42 Å². The van der Waals surface area contributed by atoms with Gasteiger partial charge in [0.15, 0.2) is 5.78 Å². The summed E-state index contributed by atoms with van der Waals surface area (Å²) in [5, 5.41) is 11.0. The Kier molecular flexibility index (Phi) is 6.32. The quantitative estimate of drug-likeness (QED) is 0.353. The van der Waals surface area contributed by atoms with E-state index in [1.54, 1.807) is 6.08 Å². The van der Waals surface area contributed by atoms with Gasteiger partial charge in [-0.05, 0) is 17.7 Å². The number of ketones is 1. The highest BCUT2D eigenvalue weighted by Gasteiger charge is 2.38. The Morgan fingerprint density at radius 2 is 1.76 bits per heavy atom. The Morgan fingerprint density at radius 3 is 2.41 bits per heavy atom. The predicted molar refractivity (Wildman–Crippen MR) is 129 cm³/mol.